The molecule has 0 bridgehead atoms. The van der Waals surface area contributed by atoms with Crippen molar-refractivity contribution in [1.82, 2.24) is 9.55 Å². The fourth-order valence-electron chi connectivity index (χ4n) is 3.46. The van der Waals surface area contributed by atoms with Gasteiger partial charge in [0.15, 0.2) is 0 Å². The van der Waals surface area contributed by atoms with E-state index >= 15 is 0 Å². The van der Waals surface area contributed by atoms with Gasteiger partial charge in [0.25, 0.3) is 0 Å². The van der Waals surface area contributed by atoms with Crippen molar-refractivity contribution in [2.75, 3.05) is 5.73 Å². The van der Waals surface area contributed by atoms with Crippen LogP contribution in [0.1, 0.15) is 63.7 Å². The number of nitrogen functional groups attached to an aromatic ring is 1. The topological polar surface area (TPSA) is 64.1 Å². The zero-order valence-corrected chi connectivity index (χ0v) is 12.9. The van der Waals surface area contributed by atoms with Crippen LogP contribution in [0.4, 0.5) is 5.69 Å². The fourth-order valence-corrected chi connectivity index (χ4v) is 3.46. The number of benzene rings is 1. The molecule has 2 aromatic rings. The molecule has 1 aromatic carbocycles. The van der Waals surface area contributed by atoms with E-state index in [1.807, 2.05) is 18.2 Å². The lowest BCUT2D eigenvalue weighted by atomic mass is 10.0. The highest BCUT2D eigenvalue weighted by Crippen LogP contribution is 2.34. The van der Waals surface area contributed by atoms with E-state index in [4.69, 9.17) is 10.7 Å². The molecule has 3 rings (SSSR count). The first-order valence-corrected chi connectivity index (χ1v) is 8.03. The lowest BCUT2D eigenvalue weighted by Crippen LogP contribution is -2.25. The Hall–Kier alpha value is -1.55. The molecule has 0 aliphatic heterocycles. The molecular formula is C17H25N3O. The van der Waals surface area contributed by atoms with Gasteiger partial charge >= 0.3 is 0 Å². The van der Waals surface area contributed by atoms with Gasteiger partial charge in [-0.1, -0.05) is 33.1 Å². The number of nitrogens with two attached hydrogens (primary N) is 1. The van der Waals surface area contributed by atoms with Crippen molar-refractivity contribution in [2.45, 2.75) is 64.0 Å². The molecule has 0 spiro atoms. The Morgan fingerprint density at radius 1 is 1.24 bits per heavy atom. The summed E-state index contributed by atoms with van der Waals surface area (Å²) in [7, 11) is 0. The van der Waals surface area contributed by atoms with Crippen molar-refractivity contribution in [3.05, 3.63) is 24.0 Å². The quantitative estimate of drug-likeness (QED) is 0.655. The highest BCUT2D eigenvalue weighted by molar-refractivity contribution is 5.80. The summed E-state index contributed by atoms with van der Waals surface area (Å²) in [4.78, 5) is 4.79. The van der Waals surface area contributed by atoms with Crippen molar-refractivity contribution < 1.29 is 5.11 Å². The van der Waals surface area contributed by atoms with E-state index in [-0.39, 0.29) is 12.1 Å². The number of fused-ring (bicyclic) bond motifs is 1. The smallest absolute Gasteiger partial charge is 0.112 e. The van der Waals surface area contributed by atoms with Gasteiger partial charge in [-0.25, -0.2) is 4.98 Å². The number of aliphatic hydroxyl groups is 1. The monoisotopic (exact) mass is 287 g/mol. The first-order chi connectivity index (χ1) is 10.1. The van der Waals surface area contributed by atoms with E-state index in [1.54, 1.807) is 0 Å². The van der Waals surface area contributed by atoms with Crippen molar-refractivity contribution >= 4 is 16.7 Å². The van der Waals surface area contributed by atoms with Crippen LogP contribution in [-0.2, 0) is 0 Å². The third-order valence-corrected chi connectivity index (χ3v) is 4.53. The molecule has 1 aromatic heterocycles. The van der Waals surface area contributed by atoms with Crippen LogP contribution in [0, 0.1) is 0 Å². The summed E-state index contributed by atoms with van der Waals surface area (Å²) in [6, 6.07) is 6.04. The molecule has 0 radical (unpaired) electrons. The molecule has 21 heavy (non-hydrogen) atoms. The lowest BCUT2D eigenvalue weighted by molar-refractivity contribution is 0.105. The van der Waals surface area contributed by atoms with Gasteiger partial charge in [-0.05, 0) is 31.0 Å². The Morgan fingerprint density at radius 2 is 2.00 bits per heavy atom. The molecule has 114 valence electrons. The maximum absolute atomic E-state index is 10.6. The first-order valence-electron chi connectivity index (χ1n) is 8.03. The normalized spacial score (nSPS) is 23.6. The molecule has 1 heterocycles. The van der Waals surface area contributed by atoms with E-state index < -0.39 is 0 Å². The van der Waals surface area contributed by atoms with E-state index in [1.165, 1.54) is 12.8 Å². The van der Waals surface area contributed by atoms with Gasteiger partial charge in [0, 0.05) is 11.6 Å². The van der Waals surface area contributed by atoms with Gasteiger partial charge in [0.05, 0.1) is 23.2 Å². The second kappa shape index (κ2) is 5.68. The number of imidazole rings is 1. The molecule has 2 unspecified atom stereocenters. The maximum atomic E-state index is 10.6. The molecule has 0 saturated heterocycles. The summed E-state index contributed by atoms with van der Waals surface area (Å²) in [5.74, 6) is 1.38. The molecule has 3 N–H and O–H groups in total. The molecule has 1 aliphatic carbocycles. The minimum Gasteiger partial charge on any atom is -0.399 e. The maximum Gasteiger partial charge on any atom is 0.112 e. The lowest BCUT2D eigenvalue weighted by Gasteiger charge is -2.25. The largest absolute Gasteiger partial charge is 0.399 e. The van der Waals surface area contributed by atoms with Gasteiger partial charge in [0.1, 0.15) is 5.82 Å². The summed E-state index contributed by atoms with van der Waals surface area (Å²) in [6.07, 6.45) is 5.14. The summed E-state index contributed by atoms with van der Waals surface area (Å²) in [6.45, 7) is 4.31. The number of aliphatic hydroxyl groups excluding tert-OH is 1. The summed E-state index contributed by atoms with van der Waals surface area (Å²) in [5.41, 5.74) is 8.67. The van der Waals surface area contributed by atoms with Crippen LogP contribution in [-0.4, -0.2) is 20.8 Å². The predicted octanol–water partition coefficient (Wildman–Crippen LogP) is 3.61. The van der Waals surface area contributed by atoms with Crippen molar-refractivity contribution in [2.24, 2.45) is 0 Å². The number of anilines is 1. The molecule has 4 heteroatoms. The highest BCUT2D eigenvalue weighted by atomic mass is 16.3. The summed E-state index contributed by atoms with van der Waals surface area (Å²) in [5, 5.41) is 10.6. The standard InChI is InChI=1S/C17H25N3O/c1-11(2)17-19-13-10-12(18)8-9-14(13)20(17)15-6-4-3-5-7-16(15)21/h8-11,15-16,21H,3-7,18H2,1-2H3. The van der Waals surface area contributed by atoms with Crippen molar-refractivity contribution in [3.8, 4) is 0 Å². The molecule has 1 aliphatic rings. The second-order valence-electron chi connectivity index (χ2n) is 6.52. The Labute approximate surface area is 126 Å². The van der Waals surface area contributed by atoms with Crippen LogP contribution < -0.4 is 5.73 Å². The summed E-state index contributed by atoms with van der Waals surface area (Å²) >= 11 is 0. The van der Waals surface area contributed by atoms with Gasteiger partial charge in [-0.2, -0.15) is 0 Å². The Morgan fingerprint density at radius 3 is 2.76 bits per heavy atom. The minimum atomic E-state index is -0.278. The zero-order chi connectivity index (χ0) is 15.0. The van der Waals surface area contributed by atoms with Gasteiger partial charge in [-0.15, -0.1) is 0 Å². The second-order valence-corrected chi connectivity index (χ2v) is 6.52. The number of rotatable bonds is 2. The van der Waals surface area contributed by atoms with Crippen LogP contribution in [0.15, 0.2) is 18.2 Å². The van der Waals surface area contributed by atoms with Crippen LogP contribution >= 0.6 is 0 Å². The fraction of sp³-hybridized carbons (Fsp3) is 0.588. The highest BCUT2D eigenvalue weighted by Gasteiger charge is 2.27. The molecule has 1 fully saturated rings. The van der Waals surface area contributed by atoms with Crippen molar-refractivity contribution in [3.63, 3.8) is 0 Å². The summed E-state index contributed by atoms with van der Waals surface area (Å²) < 4.78 is 2.27. The third kappa shape index (κ3) is 2.64. The van der Waals surface area contributed by atoms with E-state index in [0.717, 1.165) is 41.8 Å². The molecule has 1 saturated carbocycles. The van der Waals surface area contributed by atoms with Crippen LogP contribution in [0.3, 0.4) is 0 Å². The van der Waals surface area contributed by atoms with Gasteiger partial charge in [0.2, 0.25) is 0 Å². The zero-order valence-electron chi connectivity index (χ0n) is 12.9. The minimum absolute atomic E-state index is 0.138. The Balaban J connectivity index is 2.16. The van der Waals surface area contributed by atoms with E-state index in [9.17, 15) is 5.11 Å². The van der Waals surface area contributed by atoms with Crippen molar-refractivity contribution in [1.29, 1.82) is 0 Å². The average molecular weight is 287 g/mol. The number of aromatic nitrogens is 2. The van der Waals surface area contributed by atoms with E-state index in [2.05, 4.69) is 18.4 Å². The Kier molecular flexibility index (Phi) is 3.89. The molecule has 0 amide bonds. The van der Waals surface area contributed by atoms with Gasteiger partial charge in [-0.3, -0.25) is 0 Å². The number of hydrogen-bond donors (Lipinski definition) is 2. The number of hydrogen-bond acceptors (Lipinski definition) is 3. The van der Waals surface area contributed by atoms with Crippen LogP contribution in [0.2, 0.25) is 0 Å². The molecule has 4 nitrogen and oxygen atoms in total. The predicted molar refractivity (Wildman–Crippen MR) is 86.4 cm³/mol. The SMILES string of the molecule is CC(C)c1nc2cc(N)ccc2n1C1CCCCCC1O. The Bertz CT molecular complexity index is 632. The van der Waals surface area contributed by atoms with Crippen LogP contribution in [0.25, 0.3) is 11.0 Å². The first kappa shape index (κ1) is 14.4. The van der Waals surface area contributed by atoms with Crippen LogP contribution in [0.5, 0.6) is 0 Å². The molecule has 2 atom stereocenters. The third-order valence-electron chi connectivity index (χ3n) is 4.53. The average Bonchev–Trinajstić information content (AvgIpc) is 2.68. The molecular weight excluding hydrogens is 262 g/mol. The van der Waals surface area contributed by atoms with Gasteiger partial charge < -0.3 is 15.4 Å². The number of nitrogens with zero attached hydrogens (tertiary/aromatic N) is 2. The van der Waals surface area contributed by atoms with E-state index in [0.29, 0.717) is 5.92 Å².